The highest BCUT2D eigenvalue weighted by Gasteiger charge is 2.33. The van der Waals surface area contributed by atoms with E-state index in [2.05, 4.69) is 0 Å². The van der Waals surface area contributed by atoms with Gasteiger partial charge in [0.1, 0.15) is 6.10 Å². The zero-order valence-electron chi connectivity index (χ0n) is 6.95. The van der Waals surface area contributed by atoms with E-state index < -0.39 is 18.2 Å². The molecule has 0 spiro atoms. The molecule has 1 saturated heterocycles. The van der Waals surface area contributed by atoms with Gasteiger partial charge in [-0.3, -0.25) is 4.79 Å². The predicted molar refractivity (Wildman–Crippen MR) is 40.8 cm³/mol. The molecule has 0 aromatic heterocycles. The minimum absolute atomic E-state index is 0.00116. The second kappa shape index (κ2) is 3.67. The van der Waals surface area contributed by atoms with E-state index in [4.69, 9.17) is 9.84 Å². The Bertz CT molecular complexity index is 199. The summed E-state index contributed by atoms with van der Waals surface area (Å²) in [4.78, 5) is 21.5. The Labute approximate surface area is 70.5 Å². The number of hydrogen-bond donors (Lipinski definition) is 1. The summed E-state index contributed by atoms with van der Waals surface area (Å²) in [6, 6.07) is 0. The number of ether oxygens (including phenoxy) is 1. The van der Waals surface area contributed by atoms with Gasteiger partial charge in [-0.1, -0.05) is 6.92 Å². The van der Waals surface area contributed by atoms with E-state index in [1.54, 1.807) is 6.92 Å². The van der Waals surface area contributed by atoms with E-state index in [9.17, 15) is 9.59 Å². The van der Waals surface area contributed by atoms with E-state index in [0.717, 1.165) is 0 Å². The van der Waals surface area contributed by atoms with Gasteiger partial charge in [0.05, 0.1) is 0 Å². The Morgan fingerprint density at radius 3 is 2.42 bits per heavy atom. The number of hydrogen-bond acceptors (Lipinski definition) is 3. The molecule has 0 radical (unpaired) electrons. The normalized spacial score (nSPS) is 28.8. The van der Waals surface area contributed by atoms with Crippen molar-refractivity contribution in [2.24, 2.45) is 0 Å². The van der Waals surface area contributed by atoms with Crippen LogP contribution < -0.4 is 0 Å². The third-order valence-corrected chi connectivity index (χ3v) is 2.00. The maximum atomic E-state index is 11.1. The van der Waals surface area contributed by atoms with Gasteiger partial charge in [-0.2, -0.15) is 0 Å². The summed E-state index contributed by atoms with van der Waals surface area (Å²) in [6.45, 7) is 1.75. The highest BCUT2D eigenvalue weighted by Crippen LogP contribution is 2.21. The predicted octanol–water partition coefficient (Wildman–Crippen LogP) is 0.598. The molecule has 2 unspecified atom stereocenters. The largest absolute Gasteiger partial charge is 0.479 e. The van der Waals surface area contributed by atoms with Crippen molar-refractivity contribution in [1.82, 2.24) is 0 Å². The van der Waals surface area contributed by atoms with Crippen molar-refractivity contribution in [2.45, 2.75) is 38.4 Å². The summed E-state index contributed by atoms with van der Waals surface area (Å²) in [7, 11) is 0. The minimum Gasteiger partial charge on any atom is -0.479 e. The van der Waals surface area contributed by atoms with Crippen LogP contribution in [-0.2, 0) is 14.3 Å². The lowest BCUT2D eigenvalue weighted by atomic mass is 10.1. The van der Waals surface area contributed by atoms with Crippen molar-refractivity contribution >= 4 is 11.8 Å². The average molecular weight is 172 g/mol. The lowest BCUT2D eigenvalue weighted by molar-refractivity contribution is -0.151. The SMILES string of the molecule is CCC(=O)C1CCC(C(=O)O)O1. The number of Topliss-reactive ketones (excluding diaryl/α,β-unsaturated/α-hetero) is 1. The number of carboxylic acid groups (broad SMARTS) is 1. The van der Waals surface area contributed by atoms with Crippen LogP contribution >= 0.6 is 0 Å². The van der Waals surface area contributed by atoms with Crippen molar-refractivity contribution in [3.63, 3.8) is 0 Å². The van der Waals surface area contributed by atoms with Crippen molar-refractivity contribution < 1.29 is 19.4 Å². The Morgan fingerprint density at radius 2 is 2.00 bits per heavy atom. The van der Waals surface area contributed by atoms with Crippen LogP contribution in [0.3, 0.4) is 0 Å². The number of rotatable bonds is 3. The summed E-state index contributed by atoms with van der Waals surface area (Å²) in [5, 5.41) is 8.55. The van der Waals surface area contributed by atoms with Crippen LogP contribution in [0, 0.1) is 0 Å². The van der Waals surface area contributed by atoms with E-state index in [-0.39, 0.29) is 5.78 Å². The van der Waals surface area contributed by atoms with Gasteiger partial charge in [-0.25, -0.2) is 4.79 Å². The molecule has 0 aliphatic carbocycles. The van der Waals surface area contributed by atoms with E-state index in [1.165, 1.54) is 0 Å². The fraction of sp³-hybridized carbons (Fsp3) is 0.750. The molecule has 1 N–H and O–H groups in total. The molecule has 1 heterocycles. The van der Waals surface area contributed by atoms with Gasteiger partial charge >= 0.3 is 5.97 Å². The van der Waals surface area contributed by atoms with Crippen molar-refractivity contribution in [3.05, 3.63) is 0 Å². The Hall–Kier alpha value is -0.900. The van der Waals surface area contributed by atoms with Gasteiger partial charge in [-0.05, 0) is 12.8 Å². The summed E-state index contributed by atoms with van der Waals surface area (Å²) in [6.07, 6.45) is 0.161. The van der Waals surface area contributed by atoms with Gasteiger partial charge in [0, 0.05) is 6.42 Å². The standard InChI is InChI=1S/C8H12O4/c1-2-5(9)6-3-4-7(12-6)8(10)11/h6-7H,2-4H2,1H3,(H,10,11). The summed E-state index contributed by atoms with van der Waals surface area (Å²) in [5.41, 5.74) is 0. The molecule has 68 valence electrons. The van der Waals surface area contributed by atoms with E-state index in [0.29, 0.717) is 19.3 Å². The topological polar surface area (TPSA) is 63.6 Å². The number of ketones is 1. The molecule has 1 fully saturated rings. The van der Waals surface area contributed by atoms with Gasteiger partial charge in [0.2, 0.25) is 0 Å². The molecule has 12 heavy (non-hydrogen) atoms. The van der Waals surface area contributed by atoms with E-state index >= 15 is 0 Å². The smallest absolute Gasteiger partial charge is 0.332 e. The van der Waals surface area contributed by atoms with Gasteiger partial charge < -0.3 is 9.84 Å². The summed E-state index contributed by atoms with van der Waals surface area (Å²) < 4.78 is 5.03. The highest BCUT2D eigenvalue weighted by atomic mass is 16.5. The maximum absolute atomic E-state index is 11.1. The van der Waals surface area contributed by atoms with Crippen LogP contribution in [0.4, 0.5) is 0 Å². The quantitative estimate of drug-likeness (QED) is 0.677. The minimum atomic E-state index is -0.971. The van der Waals surface area contributed by atoms with Gasteiger partial charge in [0.25, 0.3) is 0 Å². The van der Waals surface area contributed by atoms with Gasteiger partial charge in [0.15, 0.2) is 11.9 Å². The molecule has 4 nitrogen and oxygen atoms in total. The van der Waals surface area contributed by atoms with Crippen LogP contribution in [0.5, 0.6) is 0 Å². The molecule has 1 aliphatic heterocycles. The van der Waals surface area contributed by atoms with Crippen LogP contribution in [0.1, 0.15) is 26.2 Å². The van der Waals surface area contributed by atoms with E-state index in [1.807, 2.05) is 0 Å². The molecular formula is C8H12O4. The maximum Gasteiger partial charge on any atom is 0.332 e. The first-order valence-electron chi connectivity index (χ1n) is 4.06. The molecule has 1 rings (SSSR count). The Balaban J connectivity index is 2.45. The van der Waals surface area contributed by atoms with Crippen LogP contribution in [-0.4, -0.2) is 29.1 Å². The molecule has 0 saturated carbocycles. The number of carboxylic acids is 1. The molecular weight excluding hydrogens is 160 g/mol. The number of aliphatic carboxylic acids is 1. The first kappa shape index (κ1) is 9.19. The Kier molecular flexibility index (Phi) is 2.81. The summed E-state index contributed by atoms with van der Waals surface area (Å²) in [5.74, 6) is -0.972. The fourth-order valence-electron chi connectivity index (χ4n) is 1.28. The fourth-order valence-corrected chi connectivity index (χ4v) is 1.28. The molecule has 0 aromatic carbocycles. The van der Waals surface area contributed by atoms with Crippen molar-refractivity contribution in [1.29, 1.82) is 0 Å². The second-order valence-corrected chi connectivity index (χ2v) is 2.85. The monoisotopic (exact) mass is 172 g/mol. The first-order valence-corrected chi connectivity index (χ1v) is 4.06. The number of carbonyl (C=O) groups is 2. The summed E-state index contributed by atoms with van der Waals surface area (Å²) >= 11 is 0. The number of carbonyl (C=O) groups excluding carboxylic acids is 1. The average Bonchev–Trinajstić information content (AvgIpc) is 2.51. The van der Waals surface area contributed by atoms with Crippen molar-refractivity contribution in [2.75, 3.05) is 0 Å². The molecule has 0 bridgehead atoms. The van der Waals surface area contributed by atoms with Crippen LogP contribution in [0.15, 0.2) is 0 Å². The second-order valence-electron chi connectivity index (χ2n) is 2.85. The lowest BCUT2D eigenvalue weighted by Crippen LogP contribution is -2.24. The Morgan fingerprint density at radius 1 is 1.42 bits per heavy atom. The van der Waals surface area contributed by atoms with Crippen LogP contribution in [0.25, 0.3) is 0 Å². The molecule has 4 heteroatoms. The molecule has 0 amide bonds. The van der Waals surface area contributed by atoms with Crippen LogP contribution in [0.2, 0.25) is 0 Å². The highest BCUT2D eigenvalue weighted by molar-refractivity contribution is 5.84. The third-order valence-electron chi connectivity index (χ3n) is 2.00. The zero-order valence-corrected chi connectivity index (χ0v) is 6.95. The first-order chi connectivity index (χ1) is 5.65. The lowest BCUT2D eigenvalue weighted by Gasteiger charge is -2.07. The molecule has 2 atom stereocenters. The molecule has 0 aromatic rings. The molecule has 1 aliphatic rings. The van der Waals surface area contributed by atoms with Gasteiger partial charge in [-0.15, -0.1) is 0 Å². The van der Waals surface area contributed by atoms with Crippen molar-refractivity contribution in [3.8, 4) is 0 Å². The third kappa shape index (κ3) is 1.82. The zero-order chi connectivity index (χ0) is 9.14.